The third kappa shape index (κ3) is 2.14. The predicted octanol–water partition coefficient (Wildman–Crippen LogP) is 3.09. The average molecular weight is 215 g/mol. The van der Waals surface area contributed by atoms with Gasteiger partial charge in [0.1, 0.15) is 5.82 Å². The van der Waals surface area contributed by atoms with Gasteiger partial charge in [-0.2, -0.15) is 0 Å². The van der Waals surface area contributed by atoms with Crippen LogP contribution in [-0.2, 0) is 0 Å². The smallest absolute Gasteiger partial charge is 0.161 e. The minimum Gasteiger partial charge on any atom is -0.294 e. The molecular weight excluding hydrogens is 205 g/mol. The first-order chi connectivity index (χ1) is 7.66. The number of hydrogen-bond acceptors (Lipinski definition) is 2. The van der Waals surface area contributed by atoms with Gasteiger partial charge in [0.15, 0.2) is 5.78 Å². The van der Waals surface area contributed by atoms with Crippen molar-refractivity contribution in [3.05, 3.63) is 54.0 Å². The van der Waals surface area contributed by atoms with E-state index in [1.54, 1.807) is 24.3 Å². The predicted molar refractivity (Wildman–Crippen MR) is 59.6 cm³/mol. The van der Waals surface area contributed by atoms with Crippen LogP contribution in [-0.4, -0.2) is 10.8 Å². The van der Waals surface area contributed by atoms with E-state index in [0.717, 1.165) is 11.3 Å². The van der Waals surface area contributed by atoms with E-state index in [-0.39, 0.29) is 11.6 Å². The molecule has 16 heavy (non-hydrogen) atoms. The third-order valence-electron chi connectivity index (χ3n) is 2.31. The Morgan fingerprint density at radius 3 is 2.31 bits per heavy atom. The Morgan fingerprint density at radius 2 is 1.81 bits per heavy atom. The molecule has 0 aliphatic heterocycles. The molecule has 0 unspecified atom stereocenters. The molecule has 0 saturated heterocycles. The van der Waals surface area contributed by atoms with E-state index in [1.807, 2.05) is 0 Å². The van der Waals surface area contributed by atoms with Gasteiger partial charge in [-0.3, -0.25) is 9.78 Å². The van der Waals surface area contributed by atoms with Crippen LogP contribution in [0.2, 0.25) is 0 Å². The quantitative estimate of drug-likeness (QED) is 0.720. The molecular formula is C13H10FNO. The molecule has 0 spiro atoms. The topological polar surface area (TPSA) is 30.0 Å². The zero-order valence-electron chi connectivity index (χ0n) is 8.77. The molecule has 0 fully saturated rings. The maximum Gasteiger partial charge on any atom is 0.161 e. The fourth-order valence-electron chi connectivity index (χ4n) is 1.39. The highest BCUT2D eigenvalue weighted by molar-refractivity contribution is 5.93. The van der Waals surface area contributed by atoms with Crippen molar-refractivity contribution in [1.82, 2.24) is 4.98 Å². The molecule has 0 aliphatic rings. The molecule has 0 bridgehead atoms. The molecule has 0 N–H and O–H groups in total. The van der Waals surface area contributed by atoms with Crippen LogP contribution in [0.15, 0.2) is 42.6 Å². The van der Waals surface area contributed by atoms with Gasteiger partial charge in [-0.15, -0.1) is 0 Å². The number of hydrogen-bond donors (Lipinski definition) is 0. The number of Topliss-reactive ketones (excluding diaryl/α,β-unsaturated/α-hetero) is 1. The Morgan fingerprint density at radius 1 is 1.12 bits per heavy atom. The van der Waals surface area contributed by atoms with Crippen LogP contribution < -0.4 is 0 Å². The van der Waals surface area contributed by atoms with E-state index in [9.17, 15) is 9.18 Å². The molecule has 0 radical (unpaired) electrons. The maximum atomic E-state index is 12.7. The van der Waals surface area contributed by atoms with Crippen molar-refractivity contribution in [2.45, 2.75) is 6.92 Å². The first-order valence-corrected chi connectivity index (χ1v) is 4.90. The molecule has 1 heterocycles. The highest BCUT2D eigenvalue weighted by atomic mass is 19.1. The number of carbonyl (C=O) groups excluding carboxylic acids is 1. The van der Waals surface area contributed by atoms with Crippen molar-refractivity contribution in [3.8, 4) is 11.3 Å². The number of carbonyl (C=O) groups is 1. The molecule has 0 amide bonds. The summed E-state index contributed by atoms with van der Waals surface area (Å²) < 4.78 is 12.7. The molecule has 1 aromatic heterocycles. The summed E-state index contributed by atoms with van der Waals surface area (Å²) in [6.45, 7) is 1.49. The van der Waals surface area contributed by atoms with E-state index >= 15 is 0 Å². The Labute approximate surface area is 92.8 Å². The van der Waals surface area contributed by atoms with Crippen LogP contribution in [0.25, 0.3) is 11.3 Å². The van der Waals surface area contributed by atoms with E-state index < -0.39 is 0 Å². The number of benzene rings is 1. The van der Waals surface area contributed by atoms with Crippen molar-refractivity contribution in [2.75, 3.05) is 0 Å². The fraction of sp³-hybridized carbons (Fsp3) is 0.0769. The molecule has 3 heteroatoms. The highest BCUT2D eigenvalue weighted by Crippen LogP contribution is 2.17. The van der Waals surface area contributed by atoms with Gasteiger partial charge in [-0.1, -0.05) is 0 Å². The van der Waals surface area contributed by atoms with Gasteiger partial charge in [0.2, 0.25) is 0 Å². The van der Waals surface area contributed by atoms with Crippen LogP contribution in [0.1, 0.15) is 17.3 Å². The van der Waals surface area contributed by atoms with Crippen LogP contribution in [0.3, 0.4) is 0 Å². The van der Waals surface area contributed by atoms with Crippen molar-refractivity contribution in [2.24, 2.45) is 0 Å². The number of halogens is 1. The van der Waals surface area contributed by atoms with Gasteiger partial charge in [-0.25, -0.2) is 4.39 Å². The summed E-state index contributed by atoms with van der Waals surface area (Å²) in [5.41, 5.74) is 2.13. The van der Waals surface area contributed by atoms with Gasteiger partial charge in [0.05, 0.1) is 5.69 Å². The van der Waals surface area contributed by atoms with Gasteiger partial charge in [0.25, 0.3) is 0 Å². The molecule has 2 nitrogen and oxygen atoms in total. The Hall–Kier alpha value is -2.03. The van der Waals surface area contributed by atoms with Crippen LogP contribution in [0.4, 0.5) is 4.39 Å². The largest absolute Gasteiger partial charge is 0.294 e. The lowest BCUT2D eigenvalue weighted by atomic mass is 10.1. The van der Waals surface area contributed by atoms with E-state index in [2.05, 4.69) is 4.98 Å². The SMILES string of the molecule is CC(=O)c1ccc(-c2ccc(F)cc2)nc1. The zero-order chi connectivity index (χ0) is 11.5. The summed E-state index contributed by atoms with van der Waals surface area (Å²) in [4.78, 5) is 15.2. The van der Waals surface area contributed by atoms with Crippen molar-refractivity contribution >= 4 is 5.78 Å². The number of pyridine rings is 1. The third-order valence-corrected chi connectivity index (χ3v) is 2.31. The fourth-order valence-corrected chi connectivity index (χ4v) is 1.39. The first kappa shape index (κ1) is 10.5. The standard InChI is InChI=1S/C13H10FNO/c1-9(16)11-4-7-13(15-8-11)10-2-5-12(14)6-3-10/h2-8H,1H3. The normalized spacial score (nSPS) is 10.1. The molecule has 2 rings (SSSR count). The Bertz CT molecular complexity index is 502. The molecule has 0 aliphatic carbocycles. The number of aromatic nitrogens is 1. The average Bonchev–Trinajstić information content (AvgIpc) is 2.30. The van der Waals surface area contributed by atoms with Crippen LogP contribution in [0, 0.1) is 5.82 Å². The minimum atomic E-state index is -0.274. The van der Waals surface area contributed by atoms with Gasteiger partial charge >= 0.3 is 0 Å². The summed E-state index contributed by atoms with van der Waals surface area (Å²) in [7, 11) is 0. The lowest BCUT2D eigenvalue weighted by molar-refractivity contribution is 0.101. The second-order valence-electron chi connectivity index (χ2n) is 3.50. The molecule has 80 valence electrons. The summed E-state index contributed by atoms with van der Waals surface area (Å²) in [5, 5.41) is 0. The van der Waals surface area contributed by atoms with Crippen molar-refractivity contribution in [3.63, 3.8) is 0 Å². The molecule has 1 aromatic carbocycles. The summed E-state index contributed by atoms with van der Waals surface area (Å²) >= 11 is 0. The van der Waals surface area contributed by atoms with E-state index in [1.165, 1.54) is 25.3 Å². The highest BCUT2D eigenvalue weighted by Gasteiger charge is 2.02. The minimum absolute atomic E-state index is 0.0156. The van der Waals surface area contributed by atoms with Crippen molar-refractivity contribution < 1.29 is 9.18 Å². The lowest BCUT2D eigenvalue weighted by Gasteiger charge is -2.01. The zero-order valence-corrected chi connectivity index (χ0v) is 8.77. The molecule has 2 aromatic rings. The van der Waals surface area contributed by atoms with Crippen molar-refractivity contribution in [1.29, 1.82) is 0 Å². The summed E-state index contributed by atoms with van der Waals surface area (Å²) in [6.07, 6.45) is 1.53. The van der Waals surface area contributed by atoms with E-state index in [4.69, 9.17) is 0 Å². The second kappa shape index (κ2) is 4.23. The summed E-state index contributed by atoms with van der Waals surface area (Å²) in [6, 6.07) is 9.56. The molecule has 0 saturated carbocycles. The van der Waals surface area contributed by atoms with Gasteiger partial charge in [0, 0.05) is 17.3 Å². The maximum absolute atomic E-state index is 12.7. The van der Waals surface area contributed by atoms with Gasteiger partial charge in [-0.05, 0) is 43.3 Å². The number of rotatable bonds is 2. The number of ketones is 1. The molecule has 0 atom stereocenters. The van der Waals surface area contributed by atoms with Gasteiger partial charge < -0.3 is 0 Å². The summed E-state index contributed by atoms with van der Waals surface area (Å²) in [5.74, 6) is -0.290. The van der Waals surface area contributed by atoms with E-state index in [0.29, 0.717) is 5.56 Å². The lowest BCUT2D eigenvalue weighted by Crippen LogP contribution is -1.93. The van der Waals surface area contributed by atoms with Crippen LogP contribution >= 0.6 is 0 Å². The Kier molecular flexibility index (Phi) is 2.77. The van der Waals surface area contributed by atoms with Crippen LogP contribution in [0.5, 0.6) is 0 Å². The number of nitrogens with zero attached hydrogens (tertiary/aromatic N) is 1. The Balaban J connectivity index is 2.34. The monoisotopic (exact) mass is 215 g/mol. The second-order valence-corrected chi connectivity index (χ2v) is 3.50. The first-order valence-electron chi connectivity index (χ1n) is 4.90.